The molecule has 2 saturated heterocycles. The number of rotatable bonds is 2. The summed E-state index contributed by atoms with van der Waals surface area (Å²) < 4.78 is 0. The summed E-state index contributed by atoms with van der Waals surface area (Å²) in [6.07, 6.45) is 4.25. The van der Waals surface area contributed by atoms with Crippen LogP contribution in [0, 0.1) is 5.92 Å². The highest BCUT2D eigenvalue weighted by atomic mass is 35.5. The Morgan fingerprint density at radius 2 is 1.62 bits per heavy atom. The van der Waals surface area contributed by atoms with Crippen LogP contribution < -0.4 is 5.32 Å². The Hall–Kier alpha value is -1.06. The number of carbonyl (C=O) groups excluding carboxylic acids is 1. The van der Waals surface area contributed by atoms with Crippen molar-refractivity contribution < 1.29 is 4.79 Å². The molecule has 2 heterocycles. The van der Waals surface area contributed by atoms with Gasteiger partial charge in [-0.05, 0) is 50.3 Å². The quantitative estimate of drug-likeness (QED) is 0.911. The lowest BCUT2D eigenvalue weighted by atomic mass is 9.88. The zero-order chi connectivity index (χ0) is 13.8. The fraction of sp³-hybridized carbons (Fsp3) is 0.588. The molecule has 1 aromatic carbocycles. The van der Waals surface area contributed by atoms with Crippen molar-refractivity contribution >= 4 is 18.3 Å². The van der Waals surface area contributed by atoms with Crippen LogP contribution in [0.5, 0.6) is 0 Å². The van der Waals surface area contributed by atoms with E-state index in [-0.39, 0.29) is 18.3 Å². The number of nitrogens with one attached hydrogen (secondary N) is 1. The molecule has 116 valence electrons. The van der Waals surface area contributed by atoms with E-state index in [1.807, 2.05) is 0 Å². The molecule has 0 aromatic heterocycles. The standard InChI is InChI=1S/C17H24N2O.ClH/c20-17(16-6-10-18-11-7-16)19-12-8-15(9-13-19)14-4-2-1-3-5-14;/h1-5,15-16,18H,6-13H2;1H. The van der Waals surface area contributed by atoms with Gasteiger partial charge in [0.15, 0.2) is 0 Å². The summed E-state index contributed by atoms with van der Waals surface area (Å²) in [4.78, 5) is 14.6. The summed E-state index contributed by atoms with van der Waals surface area (Å²) in [7, 11) is 0. The van der Waals surface area contributed by atoms with Crippen molar-refractivity contribution in [3.05, 3.63) is 35.9 Å². The van der Waals surface area contributed by atoms with E-state index in [0.29, 0.717) is 11.8 Å². The Bertz CT molecular complexity index is 437. The molecule has 0 aliphatic carbocycles. The molecule has 1 N–H and O–H groups in total. The van der Waals surface area contributed by atoms with E-state index in [2.05, 4.69) is 40.5 Å². The van der Waals surface area contributed by atoms with Gasteiger partial charge in [0, 0.05) is 19.0 Å². The van der Waals surface area contributed by atoms with Gasteiger partial charge in [0.1, 0.15) is 0 Å². The van der Waals surface area contributed by atoms with Crippen LogP contribution in [0.2, 0.25) is 0 Å². The average Bonchev–Trinajstić information content (AvgIpc) is 2.56. The molecule has 3 nitrogen and oxygen atoms in total. The van der Waals surface area contributed by atoms with E-state index in [1.54, 1.807) is 0 Å². The van der Waals surface area contributed by atoms with Crippen molar-refractivity contribution in [3.63, 3.8) is 0 Å². The number of hydrogen-bond acceptors (Lipinski definition) is 2. The normalized spacial score (nSPS) is 20.9. The molecule has 0 radical (unpaired) electrons. The number of amides is 1. The van der Waals surface area contributed by atoms with Crippen molar-refractivity contribution in [1.82, 2.24) is 10.2 Å². The van der Waals surface area contributed by atoms with Crippen LogP contribution >= 0.6 is 12.4 Å². The number of nitrogens with zero attached hydrogens (tertiary/aromatic N) is 1. The van der Waals surface area contributed by atoms with E-state index in [4.69, 9.17) is 0 Å². The monoisotopic (exact) mass is 308 g/mol. The second kappa shape index (κ2) is 7.81. The van der Waals surface area contributed by atoms with E-state index < -0.39 is 0 Å². The van der Waals surface area contributed by atoms with Gasteiger partial charge in [0.25, 0.3) is 0 Å². The summed E-state index contributed by atoms with van der Waals surface area (Å²) in [5.74, 6) is 1.30. The molecule has 21 heavy (non-hydrogen) atoms. The Kier molecular flexibility index (Phi) is 6.07. The topological polar surface area (TPSA) is 32.3 Å². The Labute approximate surface area is 133 Å². The maximum atomic E-state index is 12.5. The lowest BCUT2D eigenvalue weighted by Crippen LogP contribution is -2.44. The second-order valence-electron chi connectivity index (χ2n) is 6.03. The van der Waals surface area contributed by atoms with Crippen LogP contribution in [-0.4, -0.2) is 37.0 Å². The van der Waals surface area contributed by atoms with E-state index >= 15 is 0 Å². The van der Waals surface area contributed by atoms with Gasteiger partial charge in [-0.15, -0.1) is 12.4 Å². The molecule has 1 aromatic rings. The first-order chi connectivity index (χ1) is 9.84. The lowest BCUT2D eigenvalue weighted by Gasteiger charge is -2.35. The molecule has 0 atom stereocenters. The smallest absolute Gasteiger partial charge is 0.225 e. The van der Waals surface area contributed by atoms with Gasteiger partial charge >= 0.3 is 0 Å². The maximum absolute atomic E-state index is 12.5. The van der Waals surface area contributed by atoms with Gasteiger partial charge in [-0.3, -0.25) is 4.79 Å². The number of hydrogen-bond donors (Lipinski definition) is 1. The molecule has 2 aliphatic heterocycles. The van der Waals surface area contributed by atoms with E-state index in [9.17, 15) is 4.79 Å². The molecule has 2 aliphatic rings. The van der Waals surface area contributed by atoms with Crippen LogP contribution in [0.4, 0.5) is 0 Å². The Morgan fingerprint density at radius 3 is 2.24 bits per heavy atom. The summed E-state index contributed by atoms with van der Waals surface area (Å²) in [6, 6.07) is 10.7. The fourth-order valence-electron chi connectivity index (χ4n) is 3.49. The minimum Gasteiger partial charge on any atom is -0.342 e. The number of halogens is 1. The predicted molar refractivity (Wildman–Crippen MR) is 87.8 cm³/mol. The van der Waals surface area contributed by atoms with Crippen LogP contribution in [0.15, 0.2) is 30.3 Å². The van der Waals surface area contributed by atoms with Crippen molar-refractivity contribution in [2.45, 2.75) is 31.6 Å². The van der Waals surface area contributed by atoms with Gasteiger partial charge < -0.3 is 10.2 Å². The molecule has 4 heteroatoms. The van der Waals surface area contributed by atoms with E-state index in [1.165, 1.54) is 5.56 Å². The molecule has 0 spiro atoms. The fourth-order valence-corrected chi connectivity index (χ4v) is 3.49. The minimum atomic E-state index is 0. The van der Waals surface area contributed by atoms with Gasteiger partial charge in [-0.25, -0.2) is 0 Å². The van der Waals surface area contributed by atoms with Gasteiger partial charge in [-0.2, -0.15) is 0 Å². The molecule has 1 amide bonds. The lowest BCUT2D eigenvalue weighted by molar-refractivity contribution is -0.137. The molecule has 2 fully saturated rings. The second-order valence-corrected chi connectivity index (χ2v) is 6.03. The number of benzene rings is 1. The predicted octanol–water partition coefficient (Wildman–Crippen LogP) is 2.81. The van der Waals surface area contributed by atoms with Gasteiger partial charge in [-0.1, -0.05) is 30.3 Å². The molecular formula is C17H25ClN2O. The molecule has 0 unspecified atom stereocenters. The first-order valence-electron chi connectivity index (χ1n) is 7.89. The van der Waals surface area contributed by atoms with E-state index in [0.717, 1.165) is 51.9 Å². The largest absolute Gasteiger partial charge is 0.342 e. The third-order valence-corrected chi connectivity index (χ3v) is 4.77. The zero-order valence-corrected chi connectivity index (χ0v) is 13.3. The molecule has 0 bridgehead atoms. The highest BCUT2D eigenvalue weighted by Gasteiger charge is 2.29. The first-order valence-corrected chi connectivity index (χ1v) is 7.89. The summed E-state index contributed by atoms with van der Waals surface area (Å²) >= 11 is 0. The highest BCUT2D eigenvalue weighted by molar-refractivity contribution is 5.85. The SMILES string of the molecule is Cl.O=C(C1CCNCC1)N1CCC(c2ccccc2)CC1. The van der Waals surface area contributed by atoms with Crippen molar-refractivity contribution in [2.75, 3.05) is 26.2 Å². The van der Waals surface area contributed by atoms with Crippen LogP contribution in [0.1, 0.15) is 37.2 Å². The zero-order valence-electron chi connectivity index (χ0n) is 12.5. The van der Waals surface area contributed by atoms with Crippen LogP contribution in [0.25, 0.3) is 0 Å². The summed E-state index contributed by atoms with van der Waals surface area (Å²) in [5.41, 5.74) is 1.43. The third-order valence-electron chi connectivity index (χ3n) is 4.77. The van der Waals surface area contributed by atoms with Gasteiger partial charge in [0.2, 0.25) is 5.91 Å². The van der Waals surface area contributed by atoms with Crippen LogP contribution in [0.3, 0.4) is 0 Å². The van der Waals surface area contributed by atoms with Crippen molar-refractivity contribution in [1.29, 1.82) is 0 Å². The molecular weight excluding hydrogens is 284 g/mol. The maximum Gasteiger partial charge on any atom is 0.225 e. The molecule has 0 saturated carbocycles. The van der Waals surface area contributed by atoms with Crippen LogP contribution in [-0.2, 0) is 4.79 Å². The van der Waals surface area contributed by atoms with Crippen molar-refractivity contribution in [3.8, 4) is 0 Å². The highest BCUT2D eigenvalue weighted by Crippen LogP contribution is 2.29. The summed E-state index contributed by atoms with van der Waals surface area (Å²) in [6.45, 7) is 3.86. The Balaban J connectivity index is 0.00000161. The molecule has 3 rings (SSSR count). The summed E-state index contributed by atoms with van der Waals surface area (Å²) in [5, 5.41) is 3.33. The van der Waals surface area contributed by atoms with Crippen molar-refractivity contribution in [2.24, 2.45) is 5.92 Å². The first kappa shape index (κ1) is 16.3. The Morgan fingerprint density at radius 1 is 1.00 bits per heavy atom. The number of piperidine rings is 2. The number of likely N-dealkylation sites (tertiary alicyclic amines) is 1. The minimum absolute atomic E-state index is 0. The third kappa shape index (κ3) is 3.98. The average molecular weight is 309 g/mol. The number of carbonyl (C=O) groups is 1. The van der Waals surface area contributed by atoms with Gasteiger partial charge in [0.05, 0.1) is 0 Å².